The van der Waals surface area contributed by atoms with Crippen LogP contribution < -0.4 is 15.5 Å². The highest BCUT2D eigenvalue weighted by Gasteiger charge is 2.49. The Balaban J connectivity index is 1.76. The lowest BCUT2D eigenvalue weighted by Gasteiger charge is -2.32. The number of alkyl halides is 3. The largest absolute Gasteiger partial charge is 0.409 e. The van der Waals surface area contributed by atoms with Crippen molar-refractivity contribution in [2.45, 2.75) is 18.6 Å². The molecular weight excluding hydrogens is 432 g/mol. The molecule has 0 radical (unpaired) electrons. The van der Waals surface area contributed by atoms with Crippen molar-refractivity contribution in [3.05, 3.63) is 54.3 Å². The molecule has 0 fully saturated rings. The summed E-state index contributed by atoms with van der Waals surface area (Å²) in [4.78, 5) is 38.9. The van der Waals surface area contributed by atoms with E-state index in [0.717, 1.165) is 6.07 Å². The third-order valence-electron chi connectivity index (χ3n) is 4.70. The molecule has 0 aliphatic carbocycles. The third-order valence-corrected chi connectivity index (χ3v) is 4.70. The van der Waals surface area contributed by atoms with Gasteiger partial charge in [-0.05, 0) is 37.4 Å². The summed E-state index contributed by atoms with van der Waals surface area (Å²) in [7, 11) is 1.39. The number of fused-ring (bicyclic) bond motifs is 1. The number of amides is 3. The van der Waals surface area contributed by atoms with Gasteiger partial charge in [-0.15, -0.1) is 0 Å². The number of hydrogen-bond donors (Lipinski definition) is 2. The molecule has 170 valence electrons. The molecule has 0 saturated carbocycles. The van der Waals surface area contributed by atoms with Crippen LogP contribution in [-0.4, -0.2) is 55.0 Å². The molecule has 7 nitrogen and oxygen atoms in total. The summed E-state index contributed by atoms with van der Waals surface area (Å²) in [5, 5.41) is 4.84. The van der Waals surface area contributed by atoms with Crippen molar-refractivity contribution in [1.29, 1.82) is 0 Å². The van der Waals surface area contributed by atoms with Crippen LogP contribution in [0.25, 0.3) is 0 Å². The minimum atomic E-state index is -4.85. The average Bonchev–Trinajstić information content (AvgIpc) is 2.83. The Morgan fingerprint density at radius 2 is 1.88 bits per heavy atom. The summed E-state index contributed by atoms with van der Waals surface area (Å²) in [5.41, 5.74) is 0.213. The minimum absolute atomic E-state index is 0.0803. The number of nitrogens with zero attached hydrogens (tertiary/aromatic N) is 2. The molecule has 0 bridgehead atoms. The summed E-state index contributed by atoms with van der Waals surface area (Å²) in [6.07, 6.45) is -5.80. The highest BCUT2D eigenvalue weighted by molar-refractivity contribution is 6.05. The highest BCUT2D eigenvalue weighted by atomic mass is 19.4. The maximum absolute atomic E-state index is 13.7. The fraction of sp³-hybridized carbons (Fsp3) is 0.286. The second-order valence-corrected chi connectivity index (χ2v) is 7.32. The summed E-state index contributed by atoms with van der Waals surface area (Å²) in [6, 6.07) is 8.54. The molecule has 1 aliphatic rings. The summed E-state index contributed by atoms with van der Waals surface area (Å²) in [6.45, 7) is -0.850. The van der Waals surface area contributed by atoms with Gasteiger partial charge >= 0.3 is 6.18 Å². The van der Waals surface area contributed by atoms with Crippen LogP contribution in [0.3, 0.4) is 0 Å². The molecular formula is C21H20F4N4O3. The van der Waals surface area contributed by atoms with Crippen LogP contribution in [0.5, 0.6) is 0 Å². The van der Waals surface area contributed by atoms with Gasteiger partial charge < -0.3 is 10.6 Å². The number of carbonyl (C=O) groups is 3. The van der Waals surface area contributed by atoms with E-state index in [1.807, 2.05) is 0 Å². The predicted octanol–water partition coefficient (Wildman–Crippen LogP) is 3.00. The normalized spacial score (nSPS) is 16.2. The van der Waals surface area contributed by atoms with Gasteiger partial charge in [-0.1, -0.05) is 18.2 Å². The van der Waals surface area contributed by atoms with Crippen molar-refractivity contribution in [2.75, 3.05) is 35.7 Å². The van der Waals surface area contributed by atoms with Crippen LogP contribution in [0.15, 0.2) is 48.5 Å². The van der Waals surface area contributed by atoms with Crippen LogP contribution in [0.4, 0.5) is 34.6 Å². The van der Waals surface area contributed by atoms with Gasteiger partial charge in [0.2, 0.25) is 17.7 Å². The minimum Gasteiger partial charge on any atom is -0.325 e. The quantitative estimate of drug-likeness (QED) is 0.684. The van der Waals surface area contributed by atoms with Gasteiger partial charge in [-0.3, -0.25) is 24.2 Å². The molecule has 2 N–H and O–H groups in total. The molecule has 3 rings (SSSR count). The first-order valence-electron chi connectivity index (χ1n) is 9.56. The smallest absolute Gasteiger partial charge is 0.325 e. The molecule has 0 saturated heterocycles. The molecule has 3 amide bonds. The van der Waals surface area contributed by atoms with Gasteiger partial charge in [0.05, 0.1) is 30.9 Å². The fourth-order valence-electron chi connectivity index (χ4n) is 3.37. The lowest BCUT2D eigenvalue weighted by molar-refractivity contribution is -0.158. The number of nitrogens with one attached hydrogen (secondary N) is 2. The summed E-state index contributed by atoms with van der Waals surface area (Å²) < 4.78 is 54.5. The Morgan fingerprint density at radius 3 is 2.56 bits per heavy atom. The predicted molar refractivity (Wildman–Crippen MR) is 110 cm³/mol. The summed E-state index contributed by atoms with van der Waals surface area (Å²) in [5.74, 6) is -2.92. The van der Waals surface area contributed by atoms with E-state index in [4.69, 9.17) is 0 Å². The monoisotopic (exact) mass is 452 g/mol. The van der Waals surface area contributed by atoms with Gasteiger partial charge in [0.25, 0.3) is 0 Å². The molecule has 1 aliphatic heterocycles. The number of halogens is 4. The lowest BCUT2D eigenvalue weighted by atomic mass is 10.1. The van der Waals surface area contributed by atoms with Gasteiger partial charge in [-0.2, -0.15) is 13.2 Å². The maximum atomic E-state index is 13.7. The zero-order valence-electron chi connectivity index (χ0n) is 16.9. The molecule has 2 aromatic rings. The number of hydrogen-bond acceptors (Lipinski definition) is 4. The first-order valence-corrected chi connectivity index (χ1v) is 9.56. The second-order valence-electron chi connectivity index (χ2n) is 7.32. The van der Waals surface area contributed by atoms with Crippen molar-refractivity contribution in [1.82, 2.24) is 4.90 Å². The Hall–Kier alpha value is -3.47. The standard InChI is InChI=1S/C21H20F4N4O3/c1-28(11-19(31)26-14-6-4-5-13(22)9-14)12-20(32)29-16-8-3-2-7-15(16)27-18(30)10-17(29)21(23,24)25/h2-9,17H,10-12H2,1H3,(H,26,31)(H,27,30)/t17-/m1/s1. The van der Waals surface area contributed by atoms with E-state index < -0.39 is 48.7 Å². The van der Waals surface area contributed by atoms with E-state index >= 15 is 0 Å². The number of anilines is 3. The van der Waals surface area contributed by atoms with E-state index in [-0.39, 0.29) is 23.6 Å². The van der Waals surface area contributed by atoms with Crippen LogP contribution in [0, 0.1) is 5.82 Å². The Morgan fingerprint density at radius 1 is 1.16 bits per heavy atom. The van der Waals surface area contributed by atoms with E-state index in [2.05, 4.69) is 10.6 Å². The van der Waals surface area contributed by atoms with Gasteiger partial charge in [-0.25, -0.2) is 4.39 Å². The number of rotatable bonds is 5. The van der Waals surface area contributed by atoms with Crippen LogP contribution in [-0.2, 0) is 14.4 Å². The number of benzene rings is 2. The second kappa shape index (κ2) is 9.35. The van der Waals surface area contributed by atoms with Crippen molar-refractivity contribution in [2.24, 2.45) is 0 Å². The summed E-state index contributed by atoms with van der Waals surface area (Å²) >= 11 is 0. The van der Waals surface area contributed by atoms with Gasteiger partial charge in [0.15, 0.2) is 0 Å². The first-order chi connectivity index (χ1) is 15.0. The van der Waals surface area contributed by atoms with Crippen LogP contribution >= 0.6 is 0 Å². The van der Waals surface area contributed by atoms with Gasteiger partial charge in [0, 0.05) is 5.69 Å². The molecule has 0 aromatic heterocycles. The van der Waals surface area contributed by atoms with E-state index in [1.54, 1.807) is 0 Å². The molecule has 1 atom stereocenters. The van der Waals surface area contributed by atoms with Crippen molar-refractivity contribution in [3.63, 3.8) is 0 Å². The number of carbonyl (C=O) groups excluding carboxylic acids is 3. The zero-order chi connectivity index (χ0) is 23.5. The van der Waals surface area contributed by atoms with Crippen molar-refractivity contribution >= 4 is 34.8 Å². The third kappa shape index (κ3) is 5.61. The topological polar surface area (TPSA) is 81.8 Å². The zero-order valence-corrected chi connectivity index (χ0v) is 16.9. The number of likely N-dealkylation sites (N-methyl/N-ethyl adjacent to an activating group) is 1. The van der Waals surface area contributed by atoms with Crippen molar-refractivity contribution < 1.29 is 31.9 Å². The molecule has 11 heteroatoms. The average molecular weight is 452 g/mol. The van der Waals surface area contributed by atoms with Crippen LogP contribution in [0.2, 0.25) is 0 Å². The molecule has 32 heavy (non-hydrogen) atoms. The maximum Gasteiger partial charge on any atom is 0.409 e. The van der Waals surface area contributed by atoms with E-state index in [9.17, 15) is 31.9 Å². The van der Waals surface area contributed by atoms with Crippen molar-refractivity contribution in [3.8, 4) is 0 Å². The van der Waals surface area contributed by atoms with E-state index in [0.29, 0.717) is 4.90 Å². The van der Waals surface area contributed by atoms with Gasteiger partial charge in [0.1, 0.15) is 11.9 Å². The number of para-hydroxylation sites is 2. The highest BCUT2D eigenvalue weighted by Crippen LogP contribution is 2.37. The Bertz CT molecular complexity index is 1030. The van der Waals surface area contributed by atoms with Crippen LogP contribution in [0.1, 0.15) is 6.42 Å². The first kappa shape index (κ1) is 23.2. The SMILES string of the molecule is CN(CC(=O)Nc1cccc(F)c1)CC(=O)N1c2ccccc2NC(=O)C[C@@H]1C(F)(F)F. The Labute approximate surface area is 181 Å². The molecule has 0 unspecified atom stereocenters. The Kier molecular flexibility index (Phi) is 6.78. The van der Waals surface area contributed by atoms with E-state index in [1.165, 1.54) is 54.4 Å². The molecule has 0 spiro atoms. The fourth-order valence-corrected chi connectivity index (χ4v) is 3.37. The molecule has 2 aromatic carbocycles. The lowest BCUT2D eigenvalue weighted by Crippen LogP contribution is -2.52. The molecule has 1 heterocycles.